The molecule has 128 valence electrons. The van der Waals surface area contributed by atoms with Gasteiger partial charge >= 0.3 is 11.8 Å². The van der Waals surface area contributed by atoms with Gasteiger partial charge in [0.2, 0.25) is 13.6 Å². The van der Waals surface area contributed by atoms with E-state index in [0.29, 0.717) is 28.7 Å². The molecule has 2 aromatic carbocycles. The van der Waals surface area contributed by atoms with Crippen molar-refractivity contribution >= 4 is 17.5 Å². The molecule has 0 aromatic heterocycles. The Labute approximate surface area is 142 Å². The maximum absolute atomic E-state index is 12.0. The minimum absolute atomic E-state index is 0.142. The van der Waals surface area contributed by atoms with Crippen LogP contribution in [0.4, 0.5) is 5.69 Å². The molecule has 4 rings (SSSR count). The highest BCUT2D eigenvalue weighted by molar-refractivity contribution is 6.39. The van der Waals surface area contributed by atoms with Gasteiger partial charge in [-0.2, -0.15) is 0 Å². The fourth-order valence-electron chi connectivity index (χ4n) is 2.48. The van der Waals surface area contributed by atoms with Crippen LogP contribution < -0.4 is 29.6 Å². The van der Waals surface area contributed by atoms with Crippen LogP contribution in [0.15, 0.2) is 36.4 Å². The third kappa shape index (κ3) is 3.14. The summed E-state index contributed by atoms with van der Waals surface area (Å²) < 4.78 is 20.9. The molecule has 2 aliphatic rings. The zero-order valence-electron chi connectivity index (χ0n) is 13.0. The van der Waals surface area contributed by atoms with E-state index in [4.69, 9.17) is 18.9 Å². The van der Waals surface area contributed by atoms with Gasteiger partial charge in [-0.15, -0.1) is 0 Å². The molecule has 0 saturated carbocycles. The van der Waals surface area contributed by atoms with Gasteiger partial charge in [0.25, 0.3) is 0 Å². The molecule has 0 aliphatic carbocycles. The predicted octanol–water partition coefficient (Wildman–Crippen LogP) is 1.40. The number of benzene rings is 2. The first-order valence-corrected chi connectivity index (χ1v) is 7.56. The van der Waals surface area contributed by atoms with E-state index >= 15 is 0 Å². The van der Waals surface area contributed by atoms with Gasteiger partial charge in [-0.3, -0.25) is 9.59 Å². The minimum atomic E-state index is -0.764. The number of hydrogen-bond donors (Lipinski definition) is 2. The summed E-state index contributed by atoms with van der Waals surface area (Å²) in [6, 6.07) is 10.2. The van der Waals surface area contributed by atoms with Crippen molar-refractivity contribution in [3.8, 4) is 23.0 Å². The Balaban J connectivity index is 1.34. The highest BCUT2D eigenvalue weighted by atomic mass is 16.7. The molecule has 0 radical (unpaired) electrons. The molecule has 0 atom stereocenters. The topological polar surface area (TPSA) is 95.1 Å². The van der Waals surface area contributed by atoms with Crippen LogP contribution in [0.3, 0.4) is 0 Å². The largest absolute Gasteiger partial charge is 0.454 e. The van der Waals surface area contributed by atoms with Crippen molar-refractivity contribution in [3.63, 3.8) is 0 Å². The Kier molecular flexibility index (Phi) is 3.77. The van der Waals surface area contributed by atoms with E-state index in [2.05, 4.69) is 10.6 Å². The first-order valence-electron chi connectivity index (χ1n) is 7.56. The molecule has 25 heavy (non-hydrogen) atoms. The van der Waals surface area contributed by atoms with E-state index in [1.54, 1.807) is 36.4 Å². The van der Waals surface area contributed by atoms with Crippen molar-refractivity contribution < 1.29 is 28.5 Å². The fraction of sp³-hybridized carbons (Fsp3) is 0.176. The average molecular weight is 342 g/mol. The number of ether oxygens (including phenoxy) is 4. The van der Waals surface area contributed by atoms with Gasteiger partial charge in [0, 0.05) is 18.3 Å². The molecule has 2 aromatic rings. The molecule has 2 N–H and O–H groups in total. The summed E-state index contributed by atoms with van der Waals surface area (Å²) in [5.74, 6) is 0.908. The SMILES string of the molecule is O=C(NCc1ccc2c(c1)OCO2)C(=O)Nc1ccc2c(c1)OCO2. The molecule has 0 fully saturated rings. The number of amides is 2. The molecule has 0 spiro atoms. The minimum Gasteiger partial charge on any atom is -0.454 e. The molecule has 0 saturated heterocycles. The van der Waals surface area contributed by atoms with Gasteiger partial charge in [-0.1, -0.05) is 6.07 Å². The van der Waals surface area contributed by atoms with Gasteiger partial charge in [0.15, 0.2) is 23.0 Å². The smallest absolute Gasteiger partial charge is 0.313 e. The van der Waals surface area contributed by atoms with Crippen molar-refractivity contribution in [2.24, 2.45) is 0 Å². The van der Waals surface area contributed by atoms with Crippen LogP contribution in [0.2, 0.25) is 0 Å². The average Bonchev–Trinajstić information content (AvgIpc) is 3.27. The Morgan fingerprint density at radius 2 is 1.44 bits per heavy atom. The lowest BCUT2D eigenvalue weighted by molar-refractivity contribution is -0.136. The molecule has 8 heteroatoms. The maximum atomic E-state index is 12.0. The number of carbonyl (C=O) groups excluding carboxylic acids is 2. The summed E-state index contributed by atoms with van der Waals surface area (Å²) in [6.07, 6.45) is 0. The van der Waals surface area contributed by atoms with Crippen molar-refractivity contribution in [2.45, 2.75) is 6.54 Å². The zero-order chi connectivity index (χ0) is 17.2. The highest BCUT2D eigenvalue weighted by Crippen LogP contribution is 2.34. The summed E-state index contributed by atoms with van der Waals surface area (Å²) in [5.41, 5.74) is 1.25. The summed E-state index contributed by atoms with van der Waals surface area (Å²) in [6.45, 7) is 0.524. The lowest BCUT2D eigenvalue weighted by atomic mass is 10.2. The number of rotatable bonds is 3. The number of nitrogens with one attached hydrogen (secondary N) is 2. The monoisotopic (exact) mass is 342 g/mol. The van der Waals surface area contributed by atoms with Gasteiger partial charge in [0.1, 0.15) is 0 Å². The van der Waals surface area contributed by atoms with Gasteiger partial charge in [0.05, 0.1) is 0 Å². The van der Waals surface area contributed by atoms with Crippen LogP contribution in [0.25, 0.3) is 0 Å². The molecule has 2 amide bonds. The van der Waals surface area contributed by atoms with E-state index in [9.17, 15) is 9.59 Å². The summed E-state index contributed by atoms with van der Waals surface area (Å²) in [5, 5.41) is 5.08. The molecular formula is C17H14N2O6. The van der Waals surface area contributed by atoms with E-state index < -0.39 is 11.8 Å². The number of anilines is 1. The molecule has 2 aliphatic heterocycles. The van der Waals surface area contributed by atoms with Gasteiger partial charge in [-0.05, 0) is 29.8 Å². The van der Waals surface area contributed by atoms with Gasteiger partial charge in [-0.25, -0.2) is 0 Å². The fourth-order valence-corrected chi connectivity index (χ4v) is 2.48. The van der Waals surface area contributed by atoms with Crippen LogP contribution >= 0.6 is 0 Å². The molecule has 2 heterocycles. The quantitative estimate of drug-likeness (QED) is 0.819. The van der Waals surface area contributed by atoms with Crippen molar-refractivity contribution in [1.82, 2.24) is 5.32 Å². The number of carbonyl (C=O) groups is 2. The van der Waals surface area contributed by atoms with Gasteiger partial charge < -0.3 is 29.6 Å². The van der Waals surface area contributed by atoms with E-state index in [-0.39, 0.29) is 20.1 Å². The lowest BCUT2D eigenvalue weighted by Crippen LogP contribution is -2.34. The van der Waals surface area contributed by atoms with Crippen molar-refractivity contribution in [3.05, 3.63) is 42.0 Å². The van der Waals surface area contributed by atoms with Crippen molar-refractivity contribution in [2.75, 3.05) is 18.9 Å². The highest BCUT2D eigenvalue weighted by Gasteiger charge is 2.18. The lowest BCUT2D eigenvalue weighted by Gasteiger charge is -2.08. The number of hydrogen-bond acceptors (Lipinski definition) is 6. The van der Waals surface area contributed by atoms with E-state index in [0.717, 1.165) is 5.56 Å². The second-order valence-corrected chi connectivity index (χ2v) is 5.39. The Hall–Kier alpha value is -3.42. The first-order chi connectivity index (χ1) is 12.2. The second-order valence-electron chi connectivity index (χ2n) is 5.39. The molecule has 0 unspecified atom stereocenters. The van der Waals surface area contributed by atoms with Crippen molar-refractivity contribution in [1.29, 1.82) is 0 Å². The predicted molar refractivity (Wildman–Crippen MR) is 85.6 cm³/mol. The van der Waals surface area contributed by atoms with E-state index in [1.807, 2.05) is 0 Å². The van der Waals surface area contributed by atoms with E-state index in [1.165, 1.54) is 0 Å². The zero-order valence-corrected chi connectivity index (χ0v) is 13.0. The third-order valence-corrected chi connectivity index (χ3v) is 3.73. The second kappa shape index (κ2) is 6.23. The summed E-state index contributed by atoms with van der Waals surface area (Å²) >= 11 is 0. The summed E-state index contributed by atoms with van der Waals surface area (Å²) in [7, 11) is 0. The first kappa shape index (κ1) is 15.1. The molecule has 8 nitrogen and oxygen atoms in total. The number of fused-ring (bicyclic) bond motifs is 2. The normalized spacial score (nSPS) is 13.4. The van der Waals surface area contributed by atoms with Crippen LogP contribution in [0.5, 0.6) is 23.0 Å². The van der Waals surface area contributed by atoms with Crippen LogP contribution in [0.1, 0.15) is 5.56 Å². The standard InChI is InChI=1S/C17H14N2O6/c20-16(18-7-10-1-3-12-14(5-10)24-8-22-12)17(21)19-11-2-4-13-15(6-11)25-9-23-13/h1-6H,7-9H2,(H,18,20)(H,19,21). The van der Waals surface area contributed by atoms with Crippen LogP contribution in [-0.2, 0) is 16.1 Å². The Bertz CT molecular complexity index is 851. The summed E-state index contributed by atoms with van der Waals surface area (Å²) in [4.78, 5) is 23.9. The Morgan fingerprint density at radius 3 is 2.20 bits per heavy atom. The van der Waals surface area contributed by atoms with Crippen LogP contribution in [0, 0.1) is 0 Å². The molecule has 0 bridgehead atoms. The van der Waals surface area contributed by atoms with Crippen LogP contribution in [-0.4, -0.2) is 25.4 Å². The maximum Gasteiger partial charge on any atom is 0.313 e. The third-order valence-electron chi connectivity index (χ3n) is 3.73. The Morgan fingerprint density at radius 1 is 0.800 bits per heavy atom. The molecular weight excluding hydrogens is 328 g/mol.